The van der Waals surface area contributed by atoms with Gasteiger partial charge in [0.05, 0.1) is 6.61 Å². The fourth-order valence-electron chi connectivity index (χ4n) is 0.582. The van der Waals surface area contributed by atoms with Crippen molar-refractivity contribution in [1.29, 1.82) is 0 Å². The molecule has 0 aromatic carbocycles. The molecule has 0 bridgehead atoms. The van der Waals surface area contributed by atoms with Gasteiger partial charge < -0.3 is 10.2 Å². The predicted octanol–water partition coefficient (Wildman–Crippen LogP) is 0.266. The van der Waals surface area contributed by atoms with E-state index >= 15 is 0 Å². The van der Waals surface area contributed by atoms with Crippen LogP contribution in [0.1, 0.15) is 19.8 Å². The molecular formula is C6H16N2O. The summed E-state index contributed by atoms with van der Waals surface area (Å²) in [6.07, 6.45) is 2.18. The van der Waals surface area contributed by atoms with E-state index in [4.69, 9.17) is 5.90 Å². The zero-order chi connectivity index (χ0) is 6.95. The van der Waals surface area contributed by atoms with E-state index in [1.807, 2.05) is 0 Å². The van der Waals surface area contributed by atoms with Crippen LogP contribution in [0.3, 0.4) is 0 Å². The minimum Gasteiger partial charge on any atom is -0.317 e. The predicted molar refractivity (Wildman–Crippen MR) is 37.9 cm³/mol. The monoisotopic (exact) mass is 132 g/mol. The summed E-state index contributed by atoms with van der Waals surface area (Å²) in [5.74, 6) is 4.82. The van der Waals surface area contributed by atoms with Crippen LogP contribution in [0.2, 0.25) is 0 Å². The molecule has 0 amide bonds. The first-order valence-electron chi connectivity index (χ1n) is 3.44. The van der Waals surface area contributed by atoms with Gasteiger partial charge in [0.2, 0.25) is 0 Å². The van der Waals surface area contributed by atoms with Crippen molar-refractivity contribution in [2.24, 2.45) is 5.90 Å². The molecule has 0 radical (unpaired) electrons. The molecule has 56 valence electrons. The second-order valence-corrected chi connectivity index (χ2v) is 1.97. The molecule has 0 aliphatic heterocycles. The van der Waals surface area contributed by atoms with Gasteiger partial charge in [-0.1, -0.05) is 6.92 Å². The van der Waals surface area contributed by atoms with Gasteiger partial charge in [-0.2, -0.15) is 0 Å². The summed E-state index contributed by atoms with van der Waals surface area (Å²) in [4.78, 5) is 4.38. The maximum absolute atomic E-state index is 4.82. The Kier molecular flexibility index (Phi) is 7.77. The summed E-state index contributed by atoms with van der Waals surface area (Å²) in [7, 11) is 0. The third-order valence-electron chi connectivity index (χ3n) is 1.04. The van der Waals surface area contributed by atoms with Gasteiger partial charge in [-0.25, -0.2) is 5.90 Å². The second-order valence-electron chi connectivity index (χ2n) is 1.97. The normalized spacial score (nSPS) is 10.0. The maximum Gasteiger partial charge on any atom is 0.0691 e. The molecule has 9 heavy (non-hydrogen) atoms. The van der Waals surface area contributed by atoms with Crippen LogP contribution in [0, 0.1) is 0 Å². The largest absolute Gasteiger partial charge is 0.317 e. The molecule has 0 aliphatic rings. The highest BCUT2D eigenvalue weighted by Gasteiger charge is 1.84. The Balaban J connectivity index is 2.60. The smallest absolute Gasteiger partial charge is 0.0691 e. The topological polar surface area (TPSA) is 47.3 Å². The van der Waals surface area contributed by atoms with E-state index < -0.39 is 0 Å². The van der Waals surface area contributed by atoms with Crippen molar-refractivity contribution >= 4 is 0 Å². The van der Waals surface area contributed by atoms with Crippen LogP contribution in [0.5, 0.6) is 0 Å². The van der Waals surface area contributed by atoms with E-state index in [1.54, 1.807) is 0 Å². The van der Waals surface area contributed by atoms with Crippen LogP contribution in [-0.4, -0.2) is 19.7 Å². The van der Waals surface area contributed by atoms with Crippen LogP contribution in [0.25, 0.3) is 0 Å². The number of nitrogens with one attached hydrogen (secondary N) is 1. The highest BCUT2D eigenvalue weighted by atomic mass is 16.6. The van der Waals surface area contributed by atoms with Gasteiger partial charge >= 0.3 is 0 Å². The third kappa shape index (κ3) is 7.88. The van der Waals surface area contributed by atoms with Crippen LogP contribution < -0.4 is 11.2 Å². The summed E-state index contributed by atoms with van der Waals surface area (Å²) in [6, 6.07) is 0. The fourth-order valence-corrected chi connectivity index (χ4v) is 0.582. The molecule has 0 aromatic rings. The van der Waals surface area contributed by atoms with Crippen molar-refractivity contribution < 1.29 is 4.84 Å². The lowest BCUT2D eigenvalue weighted by Gasteiger charge is -1.99. The molecule has 3 nitrogen and oxygen atoms in total. The Hall–Kier alpha value is -0.120. The zero-order valence-corrected chi connectivity index (χ0v) is 6.02. The fraction of sp³-hybridized carbons (Fsp3) is 1.00. The minimum absolute atomic E-state index is 0.650. The lowest BCUT2D eigenvalue weighted by atomic mass is 10.4. The SMILES string of the molecule is CCCNCCCON. The van der Waals surface area contributed by atoms with E-state index in [9.17, 15) is 0 Å². The zero-order valence-electron chi connectivity index (χ0n) is 6.02. The number of hydrogen-bond donors (Lipinski definition) is 2. The first-order chi connectivity index (χ1) is 4.41. The average Bonchev–Trinajstić information content (AvgIpc) is 1.89. The lowest BCUT2D eigenvalue weighted by molar-refractivity contribution is 0.135. The molecule has 0 spiro atoms. The summed E-state index contributed by atoms with van der Waals surface area (Å²) < 4.78 is 0. The molecule has 0 saturated heterocycles. The van der Waals surface area contributed by atoms with Gasteiger partial charge in [-0.15, -0.1) is 0 Å². The Morgan fingerprint density at radius 3 is 2.78 bits per heavy atom. The first kappa shape index (κ1) is 8.88. The summed E-state index contributed by atoms with van der Waals surface area (Å²) in [5, 5.41) is 3.23. The minimum atomic E-state index is 0.650. The van der Waals surface area contributed by atoms with E-state index in [0.717, 1.165) is 19.5 Å². The van der Waals surface area contributed by atoms with Crippen molar-refractivity contribution in [2.45, 2.75) is 19.8 Å². The van der Waals surface area contributed by atoms with Gasteiger partial charge in [0, 0.05) is 0 Å². The van der Waals surface area contributed by atoms with E-state index in [-0.39, 0.29) is 0 Å². The molecule has 0 fully saturated rings. The highest BCUT2D eigenvalue weighted by Crippen LogP contribution is 1.75. The van der Waals surface area contributed by atoms with E-state index in [0.29, 0.717) is 6.61 Å². The third-order valence-corrected chi connectivity index (χ3v) is 1.04. The molecular weight excluding hydrogens is 116 g/mol. The standard InChI is InChI=1S/C6H16N2O/c1-2-4-8-5-3-6-9-7/h8H,2-7H2,1H3. The van der Waals surface area contributed by atoms with Gasteiger partial charge in [0.15, 0.2) is 0 Å². The lowest BCUT2D eigenvalue weighted by Crippen LogP contribution is -2.18. The average molecular weight is 132 g/mol. The van der Waals surface area contributed by atoms with Crippen molar-refractivity contribution in [2.75, 3.05) is 19.7 Å². The second kappa shape index (κ2) is 7.88. The van der Waals surface area contributed by atoms with Gasteiger partial charge in [0.1, 0.15) is 0 Å². The molecule has 0 unspecified atom stereocenters. The van der Waals surface area contributed by atoms with E-state index in [1.165, 1.54) is 6.42 Å². The first-order valence-corrected chi connectivity index (χ1v) is 3.44. The number of rotatable bonds is 6. The molecule has 3 N–H and O–H groups in total. The summed E-state index contributed by atoms with van der Waals surface area (Å²) >= 11 is 0. The molecule has 0 rings (SSSR count). The maximum atomic E-state index is 4.82. The Morgan fingerprint density at radius 1 is 1.44 bits per heavy atom. The van der Waals surface area contributed by atoms with Gasteiger partial charge in [-0.3, -0.25) is 0 Å². The highest BCUT2D eigenvalue weighted by molar-refractivity contribution is 4.43. The van der Waals surface area contributed by atoms with Gasteiger partial charge in [0.25, 0.3) is 0 Å². The van der Waals surface area contributed by atoms with Crippen molar-refractivity contribution in [1.82, 2.24) is 5.32 Å². The summed E-state index contributed by atoms with van der Waals surface area (Å²) in [6.45, 7) is 4.89. The number of nitrogens with two attached hydrogens (primary N) is 1. The summed E-state index contributed by atoms with van der Waals surface area (Å²) in [5.41, 5.74) is 0. The Morgan fingerprint density at radius 2 is 2.22 bits per heavy atom. The molecule has 0 heterocycles. The van der Waals surface area contributed by atoms with Crippen LogP contribution in [0.4, 0.5) is 0 Å². The molecule has 0 saturated carbocycles. The van der Waals surface area contributed by atoms with Crippen molar-refractivity contribution in [3.8, 4) is 0 Å². The van der Waals surface area contributed by atoms with Crippen LogP contribution in [-0.2, 0) is 4.84 Å². The van der Waals surface area contributed by atoms with Crippen molar-refractivity contribution in [3.63, 3.8) is 0 Å². The van der Waals surface area contributed by atoms with Crippen LogP contribution >= 0.6 is 0 Å². The molecule has 0 aromatic heterocycles. The van der Waals surface area contributed by atoms with E-state index in [2.05, 4.69) is 17.1 Å². The number of hydrogen-bond acceptors (Lipinski definition) is 3. The van der Waals surface area contributed by atoms with Crippen LogP contribution in [0.15, 0.2) is 0 Å². The Bertz CT molecular complexity index is 44.3. The Labute approximate surface area is 56.5 Å². The molecule has 3 heteroatoms. The van der Waals surface area contributed by atoms with Crippen molar-refractivity contribution in [3.05, 3.63) is 0 Å². The molecule has 0 aliphatic carbocycles. The quantitative estimate of drug-likeness (QED) is 0.403. The van der Waals surface area contributed by atoms with Gasteiger partial charge in [-0.05, 0) is 25.9 Å². The molecule has 0 atom stereocenters.